The van der Waals surface area contributed by atoms with Gasteiger partial charge in [-0.1, -0.05) is 28.1 Å². The first kappa shape index (κ1) is 24.3. The van der Waals surface area contributed by atoms with Crippen LogP contribution in [0.4, 0.5) is 13.2 Å². The Balaban J connectivity index is 1.58. The van der Waals surface area contributed by atoms with Gasteiger partial charge in [0, 0.05) is 21.9 Å². The molecule has 0 aliphatic heterocycles. The van der Waals surface area contributed by atoms with Gasteiger partial charge in [0.1, 0.15) is 17.5 Å². The molecule has 0 spiro atoms. The fraction of sp³-hybridized carbons (Fsp3) is 0.227. The number of hydrogen-bond donors (Lipinski definition) is 3. The minimum Gasteiger partial charge on any atom is -0.406 e. The fourth-order valence-electron chi connectivity index (χ4n) is 3.10. The van der Waals surface area contributed by atoms with E-state index in [4.69, 9.17) is 0 Å². The second-order valence-electron chi connectivity index (χ2n) is 7.23. The quantitative estimate of drug-likeness (QED) is 0.415. The van der Waals surface area contributed by atoms with Crippen LogP contribution in [0, 0.1) is 0 Å². The van der Waals surface area contributed by atoms with Crippen molar-refractivity contribution >= 4 is 44.4 Å². The summed E-state index contributed by atoms with van der Waals surface area (Å²) in [5, 5.41) is 5.91. The second kappa shape index (κ2) is 10.1. The van der Waals surface area contributed by atoms with E-state index in [0.717, 1.165) is 27.5 Å². The van der Waals surface area contributed by atoms with Crippen molar-refractivity contribution in [2.75, 3.05) is 6.54 Å². The van der Waals surface area contributed by atoms with E-state index in [2.05, 4.69) is 36.3 Å². The summed E-state index contributed by atoms with van der Waals surface area (Å²) in [5.74, 6) is -1.89. The average Bonchev–Trinajstić information content (AvgIpc) is 3.13. The van der Waals surface area contributed by atoms with Gasteiger partial charge in [-0.25, -0.2) is 0 Å². The van der Waals surface area contributed by atoms with E-state index in [1.807, 2.05) is 18.2 Å². The van der Waals surface area contributed by atoms with Crippen LogP contribution in [0.1, 0.15) is 23.0 Å². The molecule has 1 heterocycles. The molecule has 1 aromatic heterocycles. The van der Waals surface area contributed by atoms with Crippen molar-refractivity contribution in [2.24, 2.45) is 0 Å². The number of Topliss-reactive ketones (excluding diaryl/α,β-unsaturated/α-hetero) is 1. The zero-order valence-corrected chi connectivity index (χ0v) is 18.8. The maximum Gasteiger partial charge on any atom is 0.573 e. The van der Waals surface area contributed by atoms with E-state index < -0.39 is 35.8 Å². The SMILES string of the molecule is CC(=O)C(CNC(=O)c1cc2cc(Br)ccc2[nH]1)NC(=O)Cc1cccc(OC(F)(F)F)c1. The molecule has 3 rings (SSSR count). The molecule has 3 aromatic rings. The van der Waals surface area contributed by atoms with E-state index >= 15 is 0 Å². The summed E-state index contributed by atoms with van der Waals surface area (Å²) in [7, 11) is 0. The highest BCUT2D eigenvalue weighted by molar-refractivity contribution is 9.10. The Bertz CT molecular complexity index is 1190. The minimum absolute atomic E-state index is 0.157. The highest BCUT2D eigenvalue weighted by Crippen LogP contribution is 2.23. The van der Waals surface area contributed by atoms with Gasteiger partial charge in [-0.15, -0.1) is 13.2 Å². The van der Waals surface area contributed by atoms with Gasteiger partial charge in [-0.3, -0.25) is 14.4 Å². The first-order valence-corrected chi connectivity index (χ1v) is 10.5. The number of fused-ring (bicyclic) bond motifs is 1. The Hall–Kier alpha value is -3.34. The average molecular weight is 526 g/mol. The fourth-order valence-corrected chi connectivity index (χ4v) is 3.47. The minimum atomic E-state index is -4.85. The molecule has 1 atom stereocenters. The number of nitrogens with one attached hydrogen (secondary N) is 3. The second-order valence-corrected chi connectivity index (χ2v) is 8.14. The Labute approximate surface area is 194 Å². The van der Waals surface area contributed by atoms with Crippen molar-refractivity contribution in [1.29, 1.82) is 0 Å². The van der Waals surface area contributed by atoms with E-state index in [0.29, 0.717) is 5.69 Å². The topological polar surface area (TPSA) is 100 Å². The van der Waals surface area contributed by atoms with Crippen LogP contribution in [-0.4, -0.2) is 41.5 Å². The maximum atomic E-state index is 12.5. The summed E-state index contributed by atoms with van der Waals surface area (Å²) in [6, 6.07) is 11.1. The van der Waals surface area contributed by atoms with Gasteiger partial charge >= 0.3 is 6.36 Å². The first-order chi connectivity index (χ1) is 15.5. The lowest BCUT2D eigenvalue weighted by Gasteiger charge is -2.17. The lowest BCUT2D eigenvalue weighted by atomic mass is 10.1. The molecular formula is C22H19BrF3N3O4. The number of H-pyrrole nitrogens is 1. The van der Waals surface area contributed by atoms with Crippen LogP contribution in [0.3, 0.4) is 0 Å². The van der Waals surface area contributed by atoms with Crippen LogP contribution < -0.4 is 15.4 Å². The molecule has 3 N–H and O–H groups in total. The molecule has 0 saturated heterocycles. The molecule has 1 unspecified atom stereocenters. The Morgan fingerprint density at radius 1 is 1.12 bits per heavy atom. The molecule has 2 aromatic carbocycles. The van der Waals surface area contributed by atoms with Gasteiger partial charge in [0.05, 0.1) is 6.42 Å². The van der Waals surface area contributed by atoms with Crippen molar-refractivity contribution in [3.05, 3.63) is 64.3 Å². The lowest BCUT2D eigenvalue weighted by Crippen LogP contribution is -2.48. The third-order valence-electron chi connectivity index (χ3n) is 4.62. The number of hydrogen-bond acceptors (Lipinski definition) is 4. The van der Waals surface area contributed by atoms with Crippen LogP contribution in [0.2, 0.25) is 0 Å². The van der Waals surface area contributed by atoms with Crippen molar-refractivity contribution in [3.8, 4) is 5.75 Å². The Kier molecular flexibility index (Phi) is 7.42. The summed E-state index contributed by atoms with van der Waals surface area (Å²) in [6.07, 6.45) is -5.12. The van der Waals surface area contributed by atoms with Gasteiger partial charge in [-0.2, -0.15) is 0 Å². The number of carbonyl (C=O) groups excluding carboxylic acids is 3. The number of alkyl halides is 3. The molecule has 0 aliphatic rings. The molecule has 0 saturated carbocycles. The monoisotopic (exact) mass is 525 g/mol. The van der Waals surface area contributed by atoms with Gasteiger partial charge in [0.25, 0.3) is 5.91 Å². The predicted molar refractivity (Wildman–Crippen MR) is 118 cm³/mol. The van der Waals surface area contributed by atoms with Gasteiger partial charge in [-0.05, 0) is 48.9 Å². The summed E-state index contributed by atoms with van der Waals surface area (Å²) < 4.78 is 41.8. The van der Waals surface area contributed by atoms with Gasteiger partial charge < -0.3 is 20.4 Å². The van der Waals surface area contributed by atoms with E-state index in [-0.39, 0.29) is 18.5 Å². The van der Waals surface area contributed by atoms with Crippen molar-refractivity contribution in [3.63, 3.8) is 0 Å². The number of ether oxygens (including phenoxy) is 1. The van der Waals surface area contributed by atoms with Crippen molar-refractivity contribution in [2.45, 2.75) is 25.7 Å². The molecule has 174 valence electrons. The molecule has 0 fully saturated rings. The number of aromatic nitrogens is 1. The van der Waals surface area contributed by atoms with E-state index in [9.17, 15) is 27.6 Å². The third kappa shape index (κ3) is 7.07. The number of aromatic amines is 1. The molecular weight excluding hydrogens is 507 g/mol. The van der Waals surface area contributed by atoms with Gasteiger partial charge in [0.2, 0.25) is 5.91 Å². The van der Waals surface area contributed by atoms with Crippen molar-refractivity contribution < 1.29 is 32.3 Å². The highest BCUT2D eigenvalue weighted by Gasteiger charge is 2.31. The lowest BCUT2D eigenvalue weighted by molar-refractivity contribution is -0.274. The maximum absolute atomic E-state index is 12.5. The molecule has 0 radical (unpaired) electrons. The summed E-state index contributed by atoms with van der Waals surface area (Å²) >= 11 is 3.36. The Morgan fingerprint density at radius 2 is 1.88 bits per heavy atom. The zero-order chi connectivity index (χ0) is 24.2. The Morgan fingerprint density at radius 3 is 2.58 bits per heavy atom. The smallest absolute Gasteiger partial charge is 0.406 e. The summed E-state index contributed by atoms with van der Waals surface area (Å²) in [4.78, 5) is 39.7. The predicted octanol–water partition coefficient (Wildman–Crippen LogP) is 3.88. The summed E-state index contributed by atoms with van der Waals surface area (Å²) in [5.41, 5.74) is 1.32. The number of amides is 2. The normalized spacial score (nSPS) is 12.3. The van der Waals surface area contributed by atoms with Crippen LogP contribution >= 0.6 is 15.9 Å². The number of benzene rings is 2. The third-order valence-corrected chi connectivity index (χ3v) is 5.11. The van der Waals surface area contributed by atoms with E-state index in [1.54, 1.807) is 6.07 Å². The molecule has 0 aliphatic carbocycles. The summed E-state index contributed by atoms with van der Waals surface area (Å²) in [6.45, 7) is 1.10. The number of rotatable bonds is 8. The molecule has 33 heavy (non-hydrogen) atoms. The molecule has 0 bridgehead atoms. The number of halogens is 4. The zero-order valence-electron chi connectivity index (χ0n) is 17.3. The van der Waals surface area contributed by atoms with Gasteiger partial charge in [0.15, 0.2) is 5.78 Å². The number of ketones is 1. The molecule has 11 heteroatoms. The number of carbonyl (C=O) groups is 3. The van der Waals surface area contributed by atoms with Crippen LogP contribution in [-0.2, 0) is 16.0 Å². The van der Waals surface area contributed by atoms with E-state index in [1.165, 1.54) is 19.1 Å². The van der Waals surface area contributed by atoms with Crippen molar-refractivity contribution in [1.82, 2.24) is 15.6 Å². The largest absolute Gasteiger partial charge is 0.573 e. The van der Waals surface area contributed by atoms with Crippen LogP contribution in [0.5, 0.6) is 5.75 Å². The highest BCUT2D eigenvalue weighted by atomic mass is 79.9. The standard InChI is InChI=1S/C22H19BrF3N3O4/c1-12(30)19(11-27-21(32)18-10-14-9-15(23)5-6-17(14)28-18)29-20(31)8-13-3-2-4-16(7-13)33-22(24,25)26/h2-7,9-10,19,28H,8,11H2,1H3,(H,27,32)(H,29,31). The van der Waals surface area contributed by atoms with Crippen LogP contribution in [0.25, 0.3) is 10.9 Å². The first-order valence-electron chi connectivity index (χ1n) is 9.71. The molecule has 7 nitrogen and oxygen atoms in total. The van der Waals surface area contributed by atoms with Crippen LogP contribution in [0.15, 0.2) is 53.0 Å². The molecule has 2 amide bonds.